The first-order chi connectivity index (χ1) is 17.6. The minimum absolute atomic E-state index is 0. The van der Waals surface area contributed by atoms with Crippen molar-refractivity contribution in [1.29, 1.82) is 0 Å². The standard InChI is InChI=1S/C34H33Si.2ClH.Zr/c1-4-5-12-25-22-30-26(23-13-7-6-8-14-23)17-11-18-29(30)33(25)34-31-21-24-15-9-10-16-27(24)28(31)19-20-32(34)35(2)3;;;/h6-11,13-22,33,35H,4-5,12H2,1-3H3;2*1H;/q;;;+2/p-2. The zero-order chi connectivity index (χ0) is 24.8. The molecule has 191 valence electrons. The number of benzene rings is 4. The van der Waals surface area contributed by atoms with Gasteiger partial charge in [0.25, 0.3) is 0 Å². The van der Waals surface area contributed by atoms with E-state index in [1.807, 2.05) is 0 Å². The molecular formula is C34H33Cl2SiZr. The molecular weight excluding hydrogens is 599 g/mol. The summed E-state index contributed by atoms with van der Waals surface area (Å²) in [6.07, 6.45) is 6.24. The van der Waals surface area contributed by atoms with Gasteiger partial charge in [-0.25, -0.2) is 0 Å². The molecule has 2 unspecified atom stereocenters. The van der Waals surface area contributed by atoms with Crippen molar-refractivity contribution < 1.29 is 49.5 Å². The predicted molar refractivity (Wildman–Crippen MR) is 153 cm³/mol. The number of halogens is 2. The zero-order valence-electron chi connectivity index (χ0n) is 22.3. The zero-order valence-corrected chi connectivity index (χ0v) is 27.4. The van der Waals surface area contributed by atoms with Crippen molar-refractivity contribution in [2.75, 3.05) is 0 Å². The van der Waals surface area contributed by atoms with E-state index < -0.39 is 8.80 Å². The number of hydrogen-bond acceptors (Lipinski definition) is 0. The fourth-order valence-corrected chi connectivity index (χ4v) is 9.25. The summed E-state index contributed by atoms with van der Waals surface area (Å²) < 4.78 is 0.528. The monoisotopic (exact) mass is 629 g/mol. The number of unbranched alkanes of at least 4 members (excludes halogenated alkanes) is 1. The van der Waals surface area contributed by atoms with Gasteiger partial charge in [-0.1, -0.05) is 0 Å². The molecule has 0 saturated carbocycles. The minimum atomic E-state index is -1.04. The number of hydrogen-bond donors (Lipinski definition) is 0. The van der Waals surface area contributed by atoms with E-state index in [1.165, 1.54) is 58.2 Å². The molecule has 4 heteroatoms. The third-order valence-corrected chi connectivity index (χ3v) is 11.4. The number of rotatable bonds is 6. The average Bonchev–Trinajstić information content (AvgIpc) is 3.42. The summed E-state index contributed by atoms with van der Waals surface area (Å²) in [4.78, 5) is 0. The van der Waals surface area contributed by atoms with Crippen LogP contribution in [0.4, 0.5) is 0 Å². The Morgan fingerprint density at radius 3 is 2.13 bits per heavy atom. The van der Waals surface area contributed by atoms with Crippen LogP contribution >= 0.6 is 0 Å². The van der Waals surface area contributed by atoms with Gasteiger partial charge in [-0.2, -0.15) is 0 Å². The third kappa shape index (κ3) is 4.88. The van der Waals surface area contributed by atoms with E-state index >= 15 is 0 Å². The number of allylic oxidation sites excluding steroid dienone is 1. The molecule has 2 aliphatic rings. The molecule has 38 heavy (non-hydrogen) atoms. The smallest absolute Gasteiger partial charge is 1.00 e. The molecule has 0 aliphatic heterocycles. The van der Waals surface area contributed by atoms with E-state index in [1.54, 1.807) is 46.6 Å². The number of fused-ring (bicyclic) bond motifs is 4. The Hall–Kier alpha value is -1.70. The minimum Gasteiger partial charge on any atom is -1.00 e. The Bertz CT molecular complexity index is 1480. The molecule has 6 rings (SSSR count). The Morgan fingerprint density at radius 1 is 0.711 bits per heavy atom. The van der Waals surface area contributed by atoms with Crippen molar-refractivity contribution in [2.45, 2.75) is 48.8 Å². The van der Waals surface area contributed by atoms with E-state index in [-0.39, 0.29) is 24.8 Å². The molecule has 4 aromatic rings. The van der Waals surface area contributed by atoms with Crippen LogP contribution in [0, 0.1) is 0 Å². The SMILES string of the molecule is CCCCC1=Cc2c(-c3ccccc3)cccc2C1c1c([SiH](C)C)ccc2c1[CH]([Zr+2])c1ccccc1-2.[Cl-].[Cl-]. The van der Waals surface area contributed by atoms with Gasteiger partial charge in [0.1, 0.15) is 0 Å². The molecule has 2 aliphatic carbocycles. The molecule has 0 spiro atoms. The van der Waals surface area contributed by atoms with Gasteiger partial charge in [0, 0.05) is 0 Å². The molecule has 4 aromatic carbocycles. The second-order valence-electron chi connectivity index (χ2n) is 10.6. The third-order valence-electron chi connectivity index (χ3n) is 8.14. The average molecular weight is 632 g/mol. The maximum Gasteiger partial charge on any atom is -1.00 e. The van der Waals surface area contributed by atoms with E-state index in [4.69, 9.17) is 0 Å². The fourth-order valence-electron chi connectivity index (χ4n) is 6.45. The van der Waals surface area contributed by atoms with Crippen molar-refractivity contribution in [2.24, 2.45) is 0 Å². The summed E-state index contributed by atoms with van der Waals surface area (Å²) >= 11 is 1.60. The first-order valence-corrected chi connectivity index (χ1v) is 17.8. The van der Waals surface area contributed by atoms with Crippen LogP contribution in [-0.2, 0) is 24.7 Å². The normalized spacial score (nSPS) is 16.7. The van der Waals surface area contributed by atoms with Gasteiger partial charge in [-0.05, 0) is 0 Å². The topological polar surface area (TPSA) is 0 Å². The maximum atomic E-state index is 2.57. The summed E-state index contributed by atoms with van der Waals surface area (Å²) in [5, 5.41) is 1.67. The molecule has 0 nitrogen and oxygen atoms in total. The Morgan fingerprint density at radius 2 is 1.39 bits per heavy atom. The van der Waals surface area contributed by atoms with Gasteiger partial charge in [0.15, 0.2) is 0 Å². The maximum absolute atomic E-state index is 2.57. The summed E-state index contributed by atoms with van der Waals surface area (Å²) in [6.45, 7) is 7.34. The van der Waals surface area contributed by atoms with Crippen molar-refractivity contribution in [3.63, 3.8) is 0 Å². The molecule has 0 bridgehead atoms. The largest absolute Gasteiger partial charge is 1.00 e. The molecule has 2 atom stereocenters. The van der Waals surface area contributed by atoms with Crippen LogP contribution in [0.2, 0.25) is 13.1 Å². The fraction of sp³-hybridized carbons (Fsp3) is 0.235. The molecule has 0 saturated heterocycles. The van der Waals surface area contributed by atoms with Crippen LogP contribution in [0.1, 0.15) is 63.5 Å². The van der Waals surface area contributed by atoms with E-state index in [2.05, 4.69) is 111 Å². The molecule has 0 heterocycles. The Balaban J connectivity index is 0.00000168. The van der Waals surface area contributed by atoms with Crippen molar-refractivity contribution >= 4 is 20.1 Å². The van der Waals surface area contributed by atoms with Gasteiger partial charge in [-0.15, -0.1) is 0 Å². The first-order valence-electron chi connectivity index (χ1n) is 13.5. The Labute approximate surface area is 257 Å². The first kappa shape index (κ1) is 29.3. The van der Waals surface area contributed by atoms with E-state index in [0.717, 1.165) is 0 Å². The summed E-state index contributed by atoms with van der Waals surface area (Å²) in [5.41, 5.74) is 15.1. The van der Waals surface area contributed by atoms with Crippen molar-refractivity contribution in [1.82, 2.24) is 0 Å². The van der Waals surface area contributed by atoms with Gasteiger partial charge in [-0.3, -0.25) is 0 Å². The van der Waals surface area contributed by atoms with Crippen molar-refractivity contribution in [3.8, 4) is 22.3 Å². The molecule has 0 aromatic heterocycles. The van der Waals surface area contributed by atoms with Gasteiger partial charge in [0.05, 0.1) is 0 Å². The van der Waals surface area contributed by atoms with Gasteiger partial charge >= 0.3 is 234 Å². The van der Waals surface area contributed by atoms with Gasteiger partial charge in [0.2, 0.25) is 0 Å². The molecule has 0 amide bonds. The summed E-state index contributed by atoms with van der Waals surface area (Å²) in [6, 6.07) is 32.1. The van der Waals surface area contributed by atoms with Crippen LogP contribution < -0.4 is 30.0 Å². The van der Waals surface area contributed by atoms with E-state index in [0.29, 0.717) is 9.54 Å². The van der Waals surface area contributed by atoms with Crippen LogP contribution in [0.3, 0.4) is 0 Å². The second kappa shape index (κ2) is 12.2. The van der Waals surface area contributed by atoms with Crippen LogP contribution in [0.5, 0.6) is 0 Å². The molecule has 0 N–H and O–H groups in total. The molecule has 0 radical (unpaired) electrons. The quantitative estimate of drug-likeness (QED) is 0.287. The predicted octanol–water partition coefficient (Wildman–Crippen LogP) is 2.39. The second-order valence-corrected chi connectivity index (χ2v) is 15.0. The van der Waals surface area contributed by atoms with Crippen LogP contribution in [-0.4, -0.2) is 8.80 Å². The van der Waals surface area contributed by atoms with Gasteiger partial charge < -0.3 is 24.8 Å². The summed E-state index contributed by atoms with van der Waals surface area (Å²) in [7, 11) is -1.04. The van der Waals surface area contributed by atoms with Crippen LogP contribution in [0.25, 0.3) is 28.3 Å². The van der Waals surface area contributed by atoms with Crippen molar-refractivity contribution in [3.05, 3.63) is 118 Å². The van der Waals surface area contributed by atoms with E-state index in [9.17, 15) is 0 Å². The Kier molecular flexibility index (Phi) is 9.42. The molecule has 0 fully saturated rings. The van der Waals surface area contributed by atoms with Crippen LogP contribution in [0.15, 0.2) is 90.5 Å². The summed E-state index contributed by atoms with van der Waals surface area (Å²) in [5.74, 6) is 0.382.